The van der Waals surface area contributed by atoms with Gasteiger partial charge in [0.2, 0.25) is 5.91 Å². The van der Waals surface area contributed by atoms with E-state index in [2.05, 4.69) is 0 Å². The van der Waals surface area contributed by atoms with Gasteiger partial charge in [0.1, 0.15) is 0 Å². The van der Waals surface area contributed by atoms with Gasteiger partial charge in [-0.2, -0.15) is 13.2 Å². The number of halogens is 3. The zero-order chi connectivity index (χ0) is 20.8. The van der Waals surface area contributed by atoms with E-state index < -0.39 is 23.1 Å². The van der Waals surface area contributed by atoms with Crippen molar-refractivity contribution < 1.29 is 28.0 Å². The number of fused-ring (bicyclic) bond motifs is 1. The van der Waals surface area contributed by atoms with Gasteiger partial charge in [0, 0.05) is 17.8 Å². The maximum atomic E-state index is 13.3. The number of carbonyl (C=O) groups is 2. The lowest BCUT2D eigenvalue weighted by atomic mass is 9.69. The number of carbonyl (C=O) groups excluding carboxylic acids is 2. The van der Waals surface area contributed by atoms with Crippen LogP contribution in [0.5, 0.6) is 0 Å². The molecule has 1 heterocycles. The number of alkyl halides is 3. The first-order chi connectivity index (χ1) is 13.7. The highest BCUT2D eigenvalue weighted by Crippen LogP contribution is 2.46. The first-order valence-electron chi connectivity index (χ1n) is 9.30. The minimum Gasteiger partial charge on any atom is -0.312 e. The van der Waals surface area contributed by atoms with E-state index in [9.17, 15) is 22.8 Å². The molecule has 1 spiro atoms. The fourth-order valence-electron chi connectivity index (χ4n) is 4.46. The third-order valence-corrected chi connectivity index (χ3v) is 6.01. The summed E-state index contributed by atoms with van der Waals surface area (Å²) >= 11 is 0. The topological polar surface area (TPSA) is 69.6 Å². The number of anilines is 1. The molecule has 2 amide bonds. The van der Waals surface area contributed by atoms with Crippen molar-refractivity contribution in [2.75, 3.05) is 11.4 Å². The molecule has 0 bridgehead atoms. The molecule has 2 aromatic rings. The van der Waals surface area contributed by atoms with Crippen LogP contribution in [0.2, 0.25) is 0 Å². The molecule has 2 aliphatic rings. The average Bonchev–Trinajstić information content (AvgIpc) is 3.02. The summed E-state index contributed by atoms with van der Waals surface area (Å²) in [7, 11) is 0. The second-order valence-corrected chi connectivity index (χ2v) is 7.60. The Morgan fingerprint density at radius 3 is 2.62 bits per heavy atom. The van der Waals surface area contributed by atoms with Crippen molar-refractivity contribution in [2.45, 2.75) is 31.9 Å². The number of hydrogen-bond donors (Lipinski definition) is 2. The molecule has 0 radical (unpaired) electrons. The number of nitrogens with one attached hydrogen (secondary N) is 1. The lowest BCUT2D eigenvalue weighted by molar-refractivity contribution is -0.137. The fraction of sp³-hybridized carbons (Fsp3) is 0.333. The molecule has 0 aromatic heterocycles. The maximum Gasteiger partial charge on any atom is 0.416 e. The van der Waals surface area contributed by atoms with Gasteiger partial charge in [-0.3, -0.25) is 14.8 Å². The van der Waals surface area contributed by atoms with Crippen LogP contribution in [-0.2, 0) is 23.8 Å². The summed E-state index contributed by atoms with van der Waals surface area (Å²) in [6.07, 6.45) is -2.51. The largest absolute Gasteiger partial charge is 0.416 e. The van der Waals surface area contributed by atoms with Gasteiger partial charge in [-0.15, -0.1) is 0 Å². The third kappa shape index (κ3) is 3.27. The third-order valence-electron chi connectivity index (χ3n) is 6.01. The van der Waals surface area contributed by atoms with E-state index in [-0.39, 0.29) is 11.6 Å². The van der Waals surface area contributed by atoms with E-state index in [4.69, 9.17) is 5.21 Å². The molecule has 0 saturated carbocycles. The first kappa shape index (κ1) is 19.4. The first-order valence-corrected chi connectivity index (χ1v) is 9.30. The van der Waals surface area contributed by atoms with E-state index in [1.54, 1.807) is 17.6 Å². The van der Waals surface area contributed by atoms with Gasteiger partial charge < -0.3 is 4.90 Å². The van der Waals surface area contributed by atoms with Crippen molar-refractivity contribution >= 4 is 17.5 Å². The number of aryl methyl sites for hydroxylation is 1. The molecule has 1 unspecified atom stereocenters. The molecule has 2 N–H and O–H groups in total. The van der Waals surface area contributed by atoms with Crippen LogP contribution in [0.1, 0.15) is 39.9 Å². The highest BCUT2D eigenvalue weighted by Gasteiger charge is 2.49. The zero-order valence-corrected chi connectivity index (χ0v) is 15.4. The minimum atomic E-state index is -4.48. The van der Waals surface area contributed by atoms with E-state index in [1.165, 1.54) is 17.0 Å². The number of benzene rings is 2. The molecule has 1 aliphatic heterocycles. The molecular weight excluding hydrogens is 385 g/mol. The van der Waals surface area contributed by atoms with Crippen molar-refractivity contribution in [1.29, 1.82) is 0 Å². The van der Waals surface area contributed by atoms with E-state index in [0.717, 1.165) is 17.7 Å². The summed E-state index contributed by atoms with van der Waals surface area (Å²) in [5.74, 6) is -0.860. The van der Waals surface area contributed by atoms with Gasteiger partial charge in [0.15, 0.2) is 0 Å². The predicted molar refractivity (Wildman–Crippen MR) is 98.6 cm³/mol. The van der Waals surface area contributed by atoms with E-state index >= 15 is 0 Å². The van der Waals surface area contributed by atoms with Crippen molar-refractivity contribution in [3.05, 3.63) is 64.7 Å². The van der Waals surface area contributed by atoms with Gasteiger partial charge in [-0.05, 0) is 61.1 Å². The fourth-order valence-corrected chi connectivity index (χ4v) is 4.46. The van der Waals surface area contributed by atoms with Crippen molar-refractivity contribution in [2.24, 2.45) is 5.41 Å². The van der Waals surface area contributed by atoms with Gasteiger partial charge in [0.05, 0.1) is 11.0 Å². The smallest absolute Gasteiger partial charge is 0.312 e. The highest BCUT2D eigenvalue weighted by atomic mass is 19.4. The second kappa shape index (κ2) is 6.88. The molecule has 1 aliphatic carbocycles. The van der Waals surface area contributed by atoms with Gasteiger partial charge in [0.25, 0.3) is 5.91 Å². The van der Waals surface area contributed by atoms with Crippen LogP contribution in [0.4, 0.5) is 18.9 Å². The monoisotopic (exact) mass is 404 g/mol. The van der Waals surface area contributed by atoms with Crippen LogP contribution in [0, 0.1) is 5.41 Å². The van der Waals surface area contributed by atoms with Crippen LogP contribution in [0.25, 0.3) is 0 Å². The molecule has 1 fully saturated rings. The number of amides is 2. The van der Waals surface area contributed by atoms with Crippen LogP contribution in [0.15, 0.2) is 42.5 Å². The Hall–Kier alpha value is -2.87. The SMILES string of the molecule is O=C(NO)c1cccc2c1CC1(CC2)CCN(c2cccc(C(F)(F)F)c2)C1=O. The summed E-state index contributed by atoms with van der Waals surface area (Å²) in [6.45, 7) is 0.323. The molecule has 1 saturated heterocycles. The predicted octanol–water partition coefficient (Wildman–Crippen LogP) is 3.74. The molecule has 8 heteroatoms. The van der Waals surface area contributed by atoms with Crippen LogP contribution in [-0.4, -0.2) is 23.6 Å². The molecule has 152 valence electrons. The summed E-state index contributed by atoms with van der Waals surface area (Å²) < 4.78 is 39.2. The molecule has 4 rings (SSSR count). The van der Waals surface area contributed by atoms with Crippen molar-refractivity contribution in [3.63, 3.8) is 0 Å². The van der Waals surface area contributed by atoms with E-state index in [0.29, 0.717) is 43.4 Å². The Morgan fingerprint density at radius 1 is 1.14 bits per heavy atom. The van der Waals surface area contributed by atoms with Crippen LogP contribution < -0.4 is 10.4 Å². The minimum absolute atomic E-state index is 0.221. The lowest BCUT2D eigenvalue weighted by Gasteiger charge is -2.34. The Bertz CT molecular complexity index is 989. The molecule has 5 nitrogen and oxygen atoms in total. The number of rotatable bonds is 2. The zero-order valence-electron chi connectivity index (χ0n) is 15.4. The number of hydrogen-bond acceptors (Lipinski definition) is 3. The van der Waals surface area contributed by atoms with Gasteiger partial charge >= 0.3 is 6.18 Å². The van der Waals surface area contributed by atoms with Crippen molar-refractivity contribution in [1.82, 2.24) is 5.48 Å². The van der Waals surface area contributed by atoms with E-state index in [1.807, 2.05) is 6.07 Å². The van der Waals surface area contributed by atoms with Gasteiger partial charge in [-0.25, -0.2) is 5.48 Å². The standard InChI is InChI=1S/C21H19F3N2O3/c22-21(23,24)14-4-2-5-15(11-14)26-10-9-20(19(26)28)8-7-13-3-1-6-16(17(13)12-20)18(27)25-29/h1-6,11,29H,7-10,12H2,(H,25,27). The molecule has 1 atom stereocenters. The number of hydroxylamine groups is 1. The molecule has 2 aromatic carbocycles. The maximum absolute atomic E-state index is 13.3. The normalized spacial score (nSPS) is 21.4. The van der Waals surface area contributed by atoms with Crippen LogP contribution in [0.3, 0.4) is 0 Å². The summed E-state index contributed by atoms with van der Waals surface area (Å²) in [5.41, 5.74) is 2.29. The quantitative estimate of drug-likeness (QED) is 0.592. The Balaban J connectivity index is 1.66. The summed E-state index contributed by atoms with van der Waals surface area (Å²) in [6, 6.07) is 10.00. The van der Waals surface area contributed by atoms with Gasteiger partial charge in [-0.1, -0.05) is 18.2 Å². The van der Waals surface area contributed by atoms with Crippen LogP contribution >= 0.6 is 0 Å². The van der Waals surface area contributed by atoms with Crippen molar-refractivity contribution in [3.8, 4) is 0 Å². The Kier molecular flexibility index (Phi) is 4.61. The highest BCUT2D eigenvalue weighted by molar-refractivity contribution is 6.01. The summed E-state index contributed by atoms with van der Waals surface area (Å²) in [4.78, 5) is 26.7. The number of nitrogens with zero attached hydrogens (tertiary/aromatic N) is 1. The lowest BCUT2D eigenvalue weighted by Crippen LogP contribution is -2.39. The molecule has 29 heavy (non-hydrogen) atoms. The Labute approximate surface area is 165 Å². The molecular formula is C21H19F3N2O3. The Morgan fingerprint density at radius 2 is 1.90 bits per heavy atom. The summed E-state index contributed by atoms with van der Waals surface area (Å²) in [5, 5.41) is 9.01. The second-order valence-electron chi connectivity index (χ2n) is 7.60. The average molecular weight is 404 g/mol.